The van der Waals surface area contributed by atoms with Gasteiger partial charge in [-0.15, -0.1) is 0 Å². The molecule has 7 nitrogen and oxygen atoms in total. The normalized spacial score (nSPS) is 7.64. The van der Waals surface area contributed by atoms with E-state index in [4.69, 9.17) is 17.2 Å². The number of anilines is 3. The standard InChI is InChI=1S/C3H6N6.Mo.H3N/c4-1-7-2(5)9-3(6)8-1;;/h(H6,4,5,6,7,8,9);;1H3. The molecule has 0 spiro atoms. The van der Waals surface area contributed by atoms with Crippen LogP contribution in [0.2, 0.25) is 0 Å². The summed E-state index contributed by atoms with van der Waals surface area (Å²) in [7, 11) is 0. The van der Waals surface area contributed by atoms with Gasteiger partial charge in [-0.3, -0.25) is 0 Å². The molecule has 0 atom stereocenters. The van der Waals surface area contributed by atoms with Crippen molar-refractivity contribution in [2.24, 2.45) is 0 Å². The Hall–Kier alpha value is -0.942. The first-order chi connectivity index (χ1) is 4.18. The van der Waals surface area contributed by atoms with E-state index >= 15 is 0 Å². The van der Waals surface area contributed by atoms with Crippen LogP contribution in [0.3, 0.4) is 0 Å². The average molecular weight is 239 g/mol. The Bertz CT molecular complexity index is 174. The van der Waals surface area contributed by atoms with Crippen LogP contribution >= 0.6 is 0 Å². The number of nitrogens with two attached hydrogens (primary N) is 3. The molecule has 0 aromatic carbocycles. The molecule has 0 saturated carbocycles. The van der Waals surface area contributed by atoms with Crippen LogP contribution in [0.5, 0.6) is 0 Å². The summed E-state index contributed by atoms with van der Waals surface area (Å²) in [6, 6.07) is 0. The Balaban J connectivity index is 0. The zero-order valence-corrected chi connectivity index (χ0v) is 7.70. The molecule has 11 heavy (non-hydrogen) atoms. The van der Waals surface area contributed by atoms with Crippen LogP contribution in [0.4, 0.5) is 17.8 Å². The number of rotatable bonds is 0. The zero-order chi connectivity index (χ0) is 6.85. The van der Waals surface area contributed by atoms with E-state index in [9.17, 15) is 0 Å². The number of hydrogen-bond acceptors (Lipinski definition) is 7. The van der Waals surface area contributed by atoms with Gasteiger partial charge in [0.05, 0.1) is 0 Å². The Morgan fingerprint density at radius 2 is 0.909 bits per heavy atom. The van der Waals surface area contributed by atoms with Crippen molar-refractivity contribution in [2.45, 2.75) is 0 Å². The SMILES string of the molecule is N.Nc1nc(N)nc(N)n1.[Mo]. The fraction of sp³-hybridized carbons (Fsp3) is 0. The van der Waals surface area contributed by atoms with Crippen LogP contribution in [0, 0.1) is 0 Å². The molecule has 1 aromatic heterocycles. The molecule has 1 heterocycles. The van der Waals surface area contributed by atoms with Gasteiger partial charge in [-0.25, -0.2) is 0 Å². The minimum atomic E-state index is 0. The molecule has 0 bridgehead atoms. The maximum atomic E-state index is 5.14. The molecule has 0 amide bonds. The molecular formula is C3H9MoN7. The van der Waals surface area contributed by atoms with Crippen molar-refractivity contribution in [3.8, 4) is 0 Å². The molecular weight excluding hydrogens is 230 g/mol. The smallest absolute Gasteiger partial charge is 0.226 e. The monoisotopic (exact) mass is 241 g/mol. The van der Waals surface area contributed by atoms with Crippen LogP contribution in [-0.2, 0) is 21.1 Å². The molecule has 9 N–H and O–H groups in total. The van der Waals surface area contributed by atoms with Gasteiger partial charge in [0.1, 0.15) is 0 Å². The van der Waals surface area contributed by atoms with Crippen LogP contribution in [0.15, 0.2) is 0 Å². The molecule has 0 saturated heterocycles. The fourth-order valence-electron chi connectivity index (χ4n) is 0.427. The molecule has 1 rings (SSSR count). The first-order valence-corrected chi connectivity index (χ1v) is 2.21. The first kappa shape index (κ1) is 12.7. The second kappa shape index (κ2) is 4.81. The third-order valence-corrected chi connectivity index (χ3v) is 0.687. The first-order valence-electron chi connectivity index (χ1n) is 2.21. The molecule has 8 heteroatoms. The maximum Gasteiger partial charge on any atom is 0.226 e. The van der Waals surface area contributed by atoms with Crippen molar-refractivity contribution < 1.29 is 21.1 Å². The third kappa shape index (κ3) is 3.69. The molecule has 0 radical (unpaired) electrons. The van der Waals surface area contributed by atoms with E-state index in [0.29, 0.717) is 0 Å². The van der Waals surface area contributed by atoms with E-state index in [0.717, 1.165) is 0 Å². The van der Waals surface area contributed by atoms with Crippen molar-refractivity contribution in [1.29, 1.82) is 0 Å². The van der Waals surface area contributed by atoms with Gasteiger partial charge in [-0.1, -0.05) is 0 Å². The Morgan fingerprint density at radius 3 is 1.09 bits per heavy atom. The Kier molecular flexibility index (Phi) is 5.56. The van der Waals surface area contributed by atoms with Gasteiger partial charge >= 0.3 is 0 Å². The van der Waals surface area contributed by atoms with Crippen LogP contribution in [-0.4, -0.2) is 15.0 Å². The van der Waals surface area contributed by atoms with E-state index < -0.39 is 0 Å². The predicted molar refractivity (Wildman–Crippen MR) is 38.1 cm³/mol. The number of nitrogens with zero attached hydrogens (tertiary/aromatic N) is 3. The van der Waals surface area contributed by atoms with Gasteiger partial charge in [0.15, 0.2) is 0 Å². The zero-order valence-electron chi connectivity index (χ0n) is 5.69. The average Bonchev–Trinajstić information content (AvgIpc) is 1.59. The summed E-state index contributed by atoms with van der Waals surface area (Å²) in [4.78, 5) is 10.5. The number of nitrogen functional groups attached to an aromatic ring is 3. The summed E-state index contributed by atoms with van der Waals surface area (Å²) in [6.07, 6.45) is 0. The molecule has 62 valence electrons. The van der Waals surface area contributed by atoms with Crippen LogP contribution < -0.4 is 23.4 Å². The molecule has 0 aliphatic carbocycles. The summed E-state index contributed by atoms with van der Waals surface area (Å²) in [5.74, 6) is 0.125. The van der Waals surface area contributed by atoms with E-state index in [1.807, 2.05) is 0 Å². The Labute approximate surface area is 77.6 Å². The Morgan fingerprint density at radius 1 is 0.727 bits per heavy atom. The van der Waals surface area contributed by atoms with Crippen molar-refractivity contribution in [3.05, 3.63) is 0 Å². The van der Waals surface area contributed by atoms with Crippen molar-refractivity contribution >= 4 is 17.8 Å². The van der Waals surface area contributed by atoms with Gasteiger partial charge < -0.3 is 23.4 Å². The molecule has 0 fully saturated rings. The number of hydrogen-bond donors (Lipinski definition) is 4. The topological polar surface area (TPSA) is 152 Å². The summed E-state index contributed by atoms with van der Waals surface area (Å²) < 4.78 is 0. The van der Waals surface area contributed by atoms with Gasteiger partial charge in [0, 0.05) is 21.1 Å². The van der Waals surface area contributed by atoms with E-state index in [-0.39, 0.29) is 45.1 Å². The van der Waals surface area contributed by atoms with Gasteiger partial charge in [-0.2, -0.15) is 15.0 Å². The van der Waals surface area contributed by atoms with Gasteiger partial charge in [0.2, 0.25) is 17.8 Å². The minimum Gasteiger partial charge on any atom is -0.368 e. The van der Waals surface area contributed by atoms with Crippen LogP contribution in [0.1, 0.15) is 0 Å². The summed E-state index contributed by atoms with van der Waals surface area (Å²) in [5, 5.41) is 0. The van der Waals surface area contributed by atoms with E-state index in [2.05, 4.69) is 15.0 Å². The summed E-state index contributed by atoms with van der Waals surface area (Å²) in [6.45, 7) is 0. The van der Waals surface area contributed by atoms with Gasteiger partial charge in [-0.05, 0) is 0 Å². The summed E-state index contributed by atoms with van der Waals surface area (Å²) >= 11 is 0. The maximum absolute atomic E-state index is 5.14. The number of aromatic nitrogens is 3. The fourth-order valence-corrected chi connectivity index (χ4v) is 0.427. The summed E-state index contributed by atoms with van der Waals surface area (Å²) in [5.41, 5.74) is 15.4. The minimum absolute atomic E-state index is 0. The molecule has 0 aliphatic heterocycles. The van der Waals surface area contributed by atoms with Crippen LogP contribution in [0.25, 0.3) is 0 Å². The predicted octanol–water partition coefficient (Wildman–Crippen LogP) is -1.22. The van der Waals surface area contributed by atoms with E-state index in [1.54, 1.807) is 0 Å². The second-order valence-corrected chi connectivity index (χ2v) is 1.41. The van der Waals surface area contributed by atoms with Crippen molar-refractivity contribution in [2.75, 3.05) is 17.2 Å². The van der Waals surface area contributed by atoms with E-state index in [1.165, 1.54) is 0 Å². The molecule has 0 aliphatic rings. The van der Waals surface area contributed by atoms with Gasteiger partial charge in [0.25, 0.3) is 0 Å². The third-order valence-electron chi connectivity index (χ3n) is 0.687. The quantitative estimate of drug-likeness (QED) is 0.414. The molecule has 0 unspecified atom stereocenters. The van der Waals surface area contributed by atoms with Crippen molar-refractivity contribution in [1.82, 2.24) is 21.1 Å². The second-order valence-electron chi connectivity index (χ2n) is 1.41. The van der Waals surface area contributed by atoms with Crippen molar-refractivity contribution in [3.63, 3.8) is 0 Å². The largest absolute Gasteiger partial charge is 0.368 e. The molecule has 1 aromatic rings.